The molecular weight excluding hydrogens is 235 g/mol. The molecule has 0 saturated heterocycles. The molecule has 0 aromatic heterocycles. The van der Waals surface area contributed by atoms with Gasteiger partial charge in [-0.05, 0) is 36.4 Å². The van der Waals surface area contributed by atoms with Crippen molar-refractivity contribution in [2.24, 2.45) is 0 Å². The van der Waals surface area contributed by atoms with Gasteiger partial charge in [-0.15, -0.1) is 0 Å². The summed E-state index contributed by atoms with van der Waals surface area (Å²) in [7, 11) is 1.44. The Labute approximate surface area is 104 Å². The molecule has 2 aromatic carbocycles. The van der Waals surface area contributed by atoms with E-state index >= 15 is 0 Å². The van der Waals surface area contributed by atoms with E-state index in [1.54, 1.807) is 30.3 Å². The minimum Gasteiger partial charge on any atom is -0.493 e. The van der Waals surface area contributed by atoms with Crippen molar-refractivity contribution < 1.29 is 18.7 Å². The van der Waals surface area contributed by atoms with Crippen molar-refractivity contribution in [1.29, 1.82) is 0 Å². The third kappa shape index (κ3) is 2.48. The van der Waals surface area contributed by atoms with Crippen molar-refractivity contribution in [1.82, 2.24) is 0 Å². The van der Waals surface area contributed by atoms with Crippen LogP contribution in [0, 0.1) is 5.82 Å². The third-order valence-corrected chi connectivity index (χ3v) is 2.39. The largest absolute Gasteiger partial charge is 0.493 e. The highest BCUT2D eigenvalue weighted by atomic mass is 19.1. The lowest BCUT2D eigenvalue weighted by Gasteiger charge is -2.10. The van der Waals surface area contributed by atoms with Gasteiger partial charge >= 0.3 is 0 Å². The van der Waals surface area contributed by atoms with E-state index in [-0.39, 0.29) is 5.75 Å². The zero-order chi connectivity index (χ0) is 13.0. The first-order valence-corrected chi connectivity index (χ1v) is 5.30. The summed E-state index contributed by atoms with van der Waals surface area (Å²) in [5.74, 6) is 0.270. The maximum Gasteiger partial charge on any atom is 0.204 e. The minimum absolute atomic E-state index is 0.0267. The van der Waals surface area contributed by atoms with E-state index < -0.39 is 5.82 Å². The molecule has 0 saturated carbocycles. The van der Waals surface area contributed by atoms with E-state index in [2.05, 4.69) is 0 Å². The molecule has 0 heterocycles. The van der Waals surface area contributed by atoms with Gasteiger partial charge < -0.3 is 9.47 Å². The van der Waals surface area contributed by atoms with E-state index in [9.17, 15) is 9.18 Å². The van der Waals surface area contributed by atoms with Crippen LogP contribution >= 0.6 is 0 Å². The number of ether oxygens (including phenoxy) is 2. The van der Waals surface area contributed by atoms with Gasteiger partial charge in [0.05, 0.1) is 7.11 Å². The summed E-state index contributed by atoms with van der Waals surface area (Å²) < 4.78 is 24.0. The topological polar surface area (TPSA) is 35.5 Å². The highest BCUT2D eigenvalue weighted by Crippen LogP contribution is 2.33. The van der Waals surface area contributed by atoms with Gasteiger partial charge in [0.25, 0.3) is 0 Å². The third-order valence-electron chi connectivity index (χ3n) is 2.39. The van der Waals surface area contributed by atoms with E-state index in [0.29, 0.717) is 17.1 Å². The predicted octanol–water partition coefficient (Wildman–Crippen LogP) is 3.44. The lowest BCUT2D eigenvalue weighted by atomic mass is 10.2. The number of benzene rings is 2. The first-order valence-electron chi connectivity index (χ1n) is 5.30. The maximum atomic E-state index is 13.6. The molecule has 0 radical (unpaired) electrons. The van der Waals surface area contributed by atoms with E-state index in [0.717, 1.165) is 6.29 Å². The number of methoxy groups -OCH3 is 1. The van der Waals surface area contributed by atoms with Gasteiger partial charge in [-0.25, -0.2) is 4.39 Å². The molecule has 4 heteroatoms. The Hall–Kier alpha value is -2.36. The Kier molecular flexibility index (Phi) is 3.57. The zero-order valence-electron chi connectivity index (χ0n) is 9.72. The fraction of sp³-hybridized carbons (Fsp3) is 0.0714. The molecule has 2 aromatic rings. The quantitative estimate of drug-likeness (QED) is 0.775. The van der Waals surface area contributed by atoms with Crippen LogP contribution in [-0.2, 0) is 0 Å². The average Bonchev–Trinajstić information content (AvgIpc) is 2.42. The first-order chi connectivity index (χ1) is 8.74. The highest BCUT2D eigenvalue weighted by Gasteiger charge is 2.11. The van der Waals surface area contributed by atoms with Crippen LogP contribution in [0.5, 0.6) is 17.2 Å². The van der Waals surface area contributed by atoms with Crippen molar-refractivity contribution in [3.63, 3.8) is 0 Å². The number of carbonyl (C=O) groups excluding carboxylic acids is 1. The van der Waals surface area contributed by atoms with Crippen molar-refractivity contribution >= 4 is 6.29 Å². The van der Waals surface area contributed by atoms with Crippen molar-refractivity contribution in [2.45, 2.75) is 0 Å². The van der Waals surface area contributed by atoms with Crippen LogP contribution in [-0.4, -0.2) is 13.4 Å². The monoisotopic (exact) mass is 246 g/mol. The van der Waals surface area contributed by atoms with Gasteiger partial charge in [0, 0.05) is 5.56 Å². The van der Waals surface area contributed by atoms with Crippen LogP contribution in [0.3, 0.4) is 0 Å². The second kappa shape index (κ2) is 5.31. The molecule has 3 nitrogen and oxygen atoms in total. The van der Waals surface area contributed by atoms with Crippen LogP contribution in [0.15, 0.2) is 42.5 Å². The molecule has 0 amide bonds. The van der Waals surface area contributed by atoms with Gasteiger partial charge in [-0.1, -0.05) is 6.07 Å². The molecule has 0 unspecified atom stereocenters. The van der Waals surface area contributed by atoms with Crippen LogP contribution in [0.4, 0.5) is 4.39 Å². The number of hydrogen-bond acceptors (Lipinski definition) is 3. The maximum absolute atomic E-state index is 13.6. The van der Waals surface area contributed by atoms with Crippen LogP contribution in [0.2, 0.25) is 0 Å². The minimum atomic E-state index is -0.506. The molecule has 0 atom stereocenters. The number of aldehydes is 1. The average molecular weight is 246 g/mol. The fourth-order valence-corrected chi connectivity index (χ4v) is 1.48. The second-order valence-corrected chi connectivity index (χ2v) is 3.56. The summed E-state index contributed by atoms with van der Waals surface area (Å²) in [6.07, 6.45) is 0.730. The number of hydrogen-bond donors (Lipinski definition) is 0. The van der Waals surface area contributed by atoms with Gasteiger partial charge in [-0.2, -0.15) is 0 Å². The lowest BCUT2D eigenvalue weighted by Crippen LogP contribution is -1.93. The van der Waals surface area contributed by atoms with Crippen LogP contribution < -0.4 is 9.47 Å². The summed E-state index contributed by atoms with van der Waals surface area (Å²) in [5.41, 5.74) is 0.530. The number of rotatable bonds is 4. The standard InChI is InChI=1S/C14H11FO3/c1-17-13-4-2-3-12(15)14(13)18-11-7-5-10(9-16)6-8-11/h2-9H,1H3. The number of carbonyl (C=O) groups is 1. The van der Waals surface area contributed by atoms with Crippen molar-refractivity contribution in [3.05, 3.63) is 53.8 Å². The summed E-state index contributed by atoms with van der Waals surface area (Å²) in [6.45, 7) is 0. The Morgan fingerprint density at radius 2 is 1.83 bits per heavy atom. The number of para-hydroxylation sites is 1. The summed E-state index contributed by atoms with van der Waals surface area (Å²) in [5, 5.41) is 0. The molecule has 0 bridgehead atoms. The Bertz CT molecular complexity index is 549. The molecule has 0 fully saturated rings. The van der Waals surface area contributed by atoms with Gasteiger partial charge in [0.15, 0.2) is 11.6 Å². The summed E-state index contributed by atoms with van der Waals surface area (Å²) in [4.78, 5) is 10.5. The molecule has 0 spiro atoms. The van der Waals surface area contributed by atoms with Crippen LogP contribution in [0.25, 0.3) is 0 Å². The molecule has 18 heavy (non-hydrogen) atoms. The van der Waals surface area contributed by atoms with Gasteiger partial charge in [0.1, 0.15) is 12.0 Å². The Balaban J connectivity index is 2.30. The molecule has 0 N–H and O–H groups in total. The van der Waals surface area contributed by atoms with Crippen molar-refractivity contribution in [3.8, 4) is 17.2 Å². The molecule has 92 valence electrons. The second-order valence-electron chi connectivity index (χ2n) is 3.56. The van der Waals surface area contributed by atoms with Gasteiger partial charge in [0.2, 0.25) is 5.75 Å². The lowest BCUT2D eigenvalue weighted by molar-refractivity contribution is 0.112. The van der Waals surface area contributed by atoms with Crippen molar-refractivity contribution in [2.75, 3.05) is 7.11 Å². The van der Waals surface area contributed by atoms with E-state index in [4.69, 9.17) is 9.47 Å². The van der Waals surface area contributed by atoms with E-state index in [1.807, 2.05) is 0 Å². The van der Waals surface area contributed by atoms with Crippen LogP contribution in [0.1, 0.15) is 10.4 Å². The smallest absolute Gasteiger partial charge is 0.204 e. The zero-order valence-corrected chi connectivity index (χ0v) is 9.72. The highest BCUT2D eigenvalue weighted by molar-refractivity contribution is 5.74. The molecule has 0 aliphatic rings. The Morgan fingerprint density at radius 1 is 1.11 bits per heavy atom. The van der Waals surface area contributed by atoms with E-state index in [1.165, 1.54) is 19.2 Å². The Morgan fingerprint density at radius 3 is 2.44 bits per heavy atom. The SMILES string of the molecule is COc1cccc(F)c1Oc1ccc(C=O)cc1. The number of halogens is 1. The summed E-state index contributed by atoms with van der Waals surface area (Å²) >= 11 is 0. The molecule has 2 rings (SSSR count). The first kappa shape index (κ1) is 12.1. The fourth-order valence-electron chi connectivity index (χ4n) is 1.48. The summed E-state index contributed by atoms with van der Waals surface area (Å²) in [6, 6.07) is 10.8. The normalized spacial score (nSPS) is 9.89. The predicted molar refractivity (Wildman–Crippen MR) is 64.9 cm³/mol. The molecule has 0 aliphatic carbocycles. The molecular formula is C14H11FO3. The van der Waals surface area contributed by atoms with Gasteiger partial charge in [-0.3, -0.25) is 4.79 Å². The molecule has 0 aliphatic heterocycles.